The summed E-state index contributed by atoms with van der Waals surface area (Å²) in [4.78, 5) is 0. The van der Waals surface area contributed by atoms with Crippen molar-refractivity contribution >= 4 is 21.6 Å². The summed E-state index contributed by atoms with van der Waals surface area (Å²) in [6.45, 7) is 10.9. The molecule has 0 rings (SSSR count). The number of rotatable bonds is 7. The Morgan fingerprint density at radius 2 is 1.88 bits per heavy atom. The fraction of sp³-hybridized carbons (Fsp3) is 1.00. The molecule has 0 aromatic rings. The van der Waals surface area contributed by atoms with E-state index in [4.69, 9.17) is 0 Å². The van der Waals surface area contributed by atoms with Gasteiger partial charge in [0, 0.05) is 28.8 Å². The van der Waals surface area contributed by atoms with Crippen LogP contribution in [0.1, 0.15) is 34.6 Å². The molecular weight excluding hydrogens is 242 g/mol. The van der Waals surface area contributed by atoms with E-state index in [1.54, 1.807) is 6.92 Å². The Balaban J connectivity index is 3.71. The van der Waals surface area contributed by atoms with Crippen LogP contribution in [0.15, 0.2) is 0 Å². The van der Waals surface area contributed by atoms with Gasteiger partial charge in [-0.1, -0.05) is 27.7 Å². The topological polar surface area (TPSA) is 46.2 Å². The van der Waals surface area contributed by atoms with Crippen LogP contribution < -0.4 is 5.32 Å². The molecule has 0 saturated carbocycles. The first-order chi connectivity index (χ1) is 7.16. The second-order valence-electron chi connectivity index (χ2n) is 5.01. The Morgan fingerprint density at radius 3 is 2.31 bits per heavy atom. The SMILES string of the molecule is CCS(=O)(=O)CCNC(C)CSC(C)(C)C. The first kappa shape index (κ1) is 16.3. The summed E-state index contributed by atoms with van der Waals surface area (Å²) in [5, 5.41) is 3.25. The van der Waals surface area contributed by atoms with Crippen molar-refractivity contribution in [1.29, 1.82) is 0 Å². The molecule has 0 bridgehead atoms. The van der Waals surface area contributed by atoms with E-state index in [0.29, 0.717) is 12.6 Å². The highest BCUT2D eigenvalue weighted by atomic mass is 32.2. The molecule has 0 radical (unpaired) electrons. The minimum Gasteiger partial charge on any atom is -0.312 e. The number of sulfone groups is 1. The lowest BCUT2D eigenvalue weighted by Crippen LogP contribution is -2.34. The molecule has 0 amide bonds. The molecule has 16 heavy (non-hydrogen) atoms. The van der Waals surface area contributed by atoms with Gasteiger partial charge in [-0.3, -0.25) is 0 Å². The zero-order valence-corrected chi connectivity index (χ0v) is 12.7. The second kappa shape index (κ2) is 6.87. The van der Waals surface area contributed by atoms with Gasteiger partial charge in [0.15, 0.2) is 9.84 Å². The maximum atomic E-state index is 11.3. The summed E-state index contributed by atoms with van der Waals surface area (Å²) in [6, 6.07) is 0.358. The van der Waals surface area contributed by atoms with Crippen molar-refractivity contribution in [1.82, 2.24) is 5.32 Å². The average molecular weight is 267 g/mol. The first-order valence-electron chi connectivity index (χ1n) is 5.74. The van der Waals surface area contributed by atoms with E-state index < -0.39 is 9.84 Å². The monoisotopic (exact) mass is 267 g/mol. The van der Waals surface area contributed by atoms with Gasteiger partial charge in [-0.05, 0) is 6.92 Å². The van der Waals surface area contributed by atoms with E-state index in [9.17, 15) is 8.42 Å². The van der Waals surface area contributed by atoms with Crippen molar-refractivity contribution < 1.29 is 8.42 Å². The maximum absolute atomic E-state index is 11.3. The molecule has 0 saturated heterocycles. The van der Waals surface area contributed by atoms with Crippen molar-refractivity contribution in [2.24, 2.45) is 0 Å². The fourth-order valence-electron chi connectivity index (χ4n) is 1.04. The van der Waals surface area contributed by atoms with Crippen LogP contribution in [0.25, 0.3) is 0 Å². The van der Waals surface area contributed by atoms with Crippen molar-refractivity contribution in [3.63, 3.8) is 0 Å². The molecule has 1 unspecified atom stereocenters. The Kier molecular flexibility index (Phi) is 6.98. The minimum atomic E-state index is -2.83. The van der Waals surface area contributed by atoms with E-state index in [1.807, 2.05) is 11.8 Å². The zero-order chi connectivity index (χ0) is 12.8. The zero-order valence-electron chi connectivity index (χ0n) is 11.0. The van der Waals surface area contributed by atoms with Gasteiger partial charge in [-0.25, -0.2) is 8.42 Å². The molecule has 0 aromatic heterocycles. The summed E-state index contributed by atoms with van der Waals surface area (Å²) in [6.07, 6.45) is 0. The number of hydrogen-bond acceptors (Lipinski definition) is 4. The lowest BCUT2D eigenvalue weighted by molar-refractivity contribution is 0.580. The third-order valence-corrected chi connectivity index (χ3v) is 5.35. The lowest BCUT2D eigenvalue weighted by Gasteiger charge is -2.21. The van der Waals surface area contributed by atoms with Crippen molar-refractivity contribution in [3.8, 4) is 0 Å². The van der Waals surface area contributed by atoms with E-state index in [0.717, 1.165) is 5.75 Å². The van der Waals surface area contributed by atoms with Crippen molar-refractivity contribution in [3.05, 3.63) is 0 Å². The summed E-state index contributed by atoms with van der Waals surface area (Å²) in [5.41, 5.74) is 0. The van der Waals surface area contributed by atoms with Crippen LogP contribution in [-0.4, -0.2) is 43.0 Å². The molecule has 0 heterocycles. The van der Waals surface area contributed by atoms with Gasteiger partial charge in [0.1, 0.15) is 0 Å². The van der Waals surface area contributed by atoms with Gasteiger partial charge in [0.25, 0.3) is 0 Å². The van der Waals surface area contributed by atoms with E-state index >= 15 is 0 Å². The predicted octanol–water partition coefficient (Wildman–Crippen LogP) is 1.93. The molecule has 3 nitrogen and oxygen atoms in total. The van der Waals surface area contributed by atoms with Crippen LogP contribution in [0, 0.1) is 0 Å². The van der Waals surface area contributed by atoms with Gasteiger partial charge in [-0.2, -0.15) is 11.8 Å². The highest BCUT2D eigenvalue weighted by Gasteiger charge is 2.13. The summed E-state index contributed by atoms with van der Waals surface area (Å²) >= 11 is 1.89. The molecule has 1 N–H and O–H groups in total. The fourth-order valence-corrected chi connectivity index (χ4v) is 2.62. The van der Waals surface area contributed by atoms with Crippen LogP contribution >= 0.6 is 11.8 Å². The van der Waals surface area contributed by atoms with Crippen LogP contribution in [0.5, 0.6) is 0 Å². The Hall–Kier alpha value is 0.260. The van der Waals surface area contributed by atoms with Crippen LogP contribution in [0.4, 0.5) is 0 Å². The van der Waals surface area contributed by atoms with Crippen LogP contribution in [0.3, 0.4) is 0 Å². The van der Waals surface area contributed by atoms with Crippen LogP contribution in [-0.2, 0) is 9.84 Å². The molecule has 98 valence electrons. The van der Waals surface area contributed by atoms with Gasteiger partial charge < -0.3 is 5.32 Å². The average Bonchev–Trinajstić information content (AvgIpc) is 2.13. The molecule has 0 aromatic carbocycles. The van der Waals surface area contributed by atoms with Crippen LogP contribution in [0.2, 0.25) is 0 Å². The smallest absolute Gasteiger partial charge is 0.151 e. The number of nitrogens with one attached hydrogen (secondary N) is 1. The molecule has 1 atom stereocenters. The lowest BCUT2D eigenvalue weighted by atomic mass is 10.3. The largest absolute Gasteiger partial charge is 0.312 e. The van der Waals surface area contributed by atoms with Gasteiger partial charge in [0.05, 0.1) is 5.75 Å². The normalized spacial score (nSPS) is 15.1. The first-order valence-corrected chi connectivity index (χ1v) is 8.55. The van der Waals surface area contributed by atoms with Crippen molar-refractivity contribution in [2.75, 3.05) is 23.8 Å². The second-order valence-corrected chi connectivity index (χ2v) is 9.33. The molecule has 0 aliphatic carbocycles. The Morgan fingerprint density at radius 1 is 1.31 bits per heavy atom. The van der Waals surface area contributed by atoms with E-state index in [2.05, 4.69) is 33.0 Å². The third-order valence-electron chi connectivity index (χ3n) is 2.11. The van der Waals surface area contributed by atoms with Gasteiger partial charge in [-0.15, -0.1) is 0 Å². The number of thioether (sulfide) groups is 1. The quantitative estimate of drug-likeness (QED) is 0.765. The van der Waals surface area contributed by atoms with Gasteiger partial charge >= 0.3 is 0 Å². The summed E-state index contributed by atoms with van der Waals surface area (Å²) in [5.74, 6) is 1.49. The minimum absolute atomic E-state index is 0.236. The molecule has 0 aliphatic heterocycles. The van der Waals surface area contributed by atoms with E-state index in [-0.39, 0.29) is 16.3 Å². The van der Waals surface area contributed by atoms with Gasteiger partial charge in [0.2, 0.25) is 0 Å². The van der Waals surface area contributed by atoms with Crippen molar-refractivity contribution in [2.45, 2.75) is 45.4 Å². The number of hydrogen-bond donors (Lipinski definition) is 1. The predicted molar refractivity (Wildman–Crippen MR) is 74.0 cm³/mol. The highest BCUT2D eigenvalue weighted by Crippen LogP contribution is 2.23. The maximum Gasteiger partial charge on any atom is 0.151 e. The third kappa shape index (κ3) is 9.48. The molecule has 5 heteroatoms. The standard InChI is InChI=1S/C11H25NO2S2/c1-6-16(13,14)8-7-12-10(2)9-15-11(3,4)5/h10,12H,6-9H2,1-5H3. The Labute approximate surface area is 105 Å². The summed E-state index contributed by atoms with van der Waals surface area (Å²) < 4.78 is 22.8. The van der Waals surface area contributed by atoms with E-state index in [1.165, 1.54) is 0 Å². The molecular formula is C11H25NO2S2. The molecule has 0 aliphatic rings. The Bertz CT molecular complexity index is 281. The highest BCUT2D eigenvalue weighted by molar-refractivity contribution is 8.00. The molecule has 0 fully saturated rings. The summed E-state index contributed by atoms with van der Waals surface area (Å²) in [7, 11) is -2.83. The molecule has 0 spiro atoms.